The summed E-state index contributed by atoms with van der Waals surface area (Å²) in [6, 6.07) is 22.6. The minimum Gasteiger partial charge on any atom is -0.490 e. The molecule has 3 aromatic rings. The third-order valence-electron chi connectivity index (χ3n) is 5.21. The van der Waals surface area contributed by atoms with Crippen LogP contribution in [-0.2, 0) is 0 Å². The molecule has 5 heteroatoms. The zero-order chi connectivity index (χ0) is 19.3. The number of hydrogen-bond donors (Lipinski definition) is 1. The van der Waals surface area contributed by atoms with Gasteiger partial charge in [-0.05, 0) is 35.7 Å². The van der Waals surface area contributed by atoms with Crippen LogP contribution in [0.4, 0.5) is 5.69 Å². The number of aliphatic hydroxyl groups excluding tert-OH is 1. The average molecular weight is 441 g/mol. The van der Waals surface area contributed by atoms with Crippen LogP contribution in [0.25, 0.3) is 10.8 Å². The van der Waals surface area contributed by atoms with Crippen molar-refractivity contribution in [2.24, 2.45) is 0 Å². The van der Waals surface area contributed by atoms with E-state index in [9.17, 15) is 5.11 Å². The fraction of sp³-hybridized carbons (Fsp3) is 0.304. The molecule has 1 fully saturated rings. The van der Waals surface area contributed by atoms with Crippen molar-refractivity contribution in [3.05, 3.63) is 71.2 Å². The number of hydrogen-bond acceptors (Lipinski definition) is 4. The molecule has 3 aromatic carbocycles. The number of β-amino-alcohol motifs (C(OH)–C–C–N with tert-alkyl or cyclic N) is 1. The monoisotopic (exact) mass is 440 g/mol. The number of rotatable bonds is 6. The zero-order valence-electron chi connectivity index (χ0n) is 15.8. The zero-order valence-corrected chi connectivity index (χ0v) is 17.4. The number of aliphatic hydroxyl groups is 1. The predicted octanol–water partition coefficient (Wildman–Crippen LogP) is 4.16. The van der Waals surface area contributed by atoms with Gasteiger partial charge in [0.25, 0.3) is 0 Å². The van der Waals surface area contributed by atoms with E-state index in [4.69, 9.17) is 4.74 Å². The van der Waals surface area contributed by atoms with E-state index in [1.807, 2.05) is 24.3 Å². The summed E-state index contributed by atoms with van der Waals surface area (Å²) in [5.41, 5.74) is 1.25. The van der Waals surface area contributed by atoms with Crippen molar-refractivity contribution >= 4 is 32.4 Å². The maximum atomic E-state index is 10.5. The van der Waals surface area contributed by atoms with Crippen LogP contribution in [0.3, 0.4) is 0 Å². The van der Waals surface area contributed by atoms with Crippen LogP contribution < -0.4 is 9.64 Å². The molecule has 0 spiro atoms. The van der Waals surface area contributed by atoms with Crippen molar-refractivity contribution in [1.82, 2.24) is 4.90 Å². The van der Waals surface area contributed by atoms with Crippen molar-refractivity contribution in [2.45, 2.75) is 6.10 Å². The lowest BCUT2D eigenvalue weighted by Crippen LogP contribution is -2.49. The van der Waals surface area contributed by atoms with Crippen molar-refractivity contribution < 1.29 is 9.84 Å². The molecule has 0 radical (unpaired) electrons. The van der Waals surface area contributed by atoms with E-state index in [0.29, 0.717) is 13.2 Å². The van der Waals surface area contributed by atoms with Gasteiger partial charge in [-0.2, -0.15) is 0 Å². The standard InChI is InChI=1S/C23H25BrN2O2/c24-19-8-10-20(11-9-19)26-14-12-25(13-15-26)16-21(27)17-28-23-7-3-5-18-4-1-2-6-22(18)23/h1-11,21,27H,12-17H2. The second-order valence-corrected chi connectivity index (χ2v) is 8.12. The number of halogens is 1. The van der Waals surface area contributed by atoms with Crippen LogP contribution in [0.5, 0.6) is 5.75 Å². The Morgan fingerprint density at radius 2 is 1.61 bits per heavy atom. The lowest BCUT2D eigenvalue weighted by molar-refractivity contribution is 0.0668. The molecule has 0 aliphatic carbocycles. The minimum atomic E-state index is -0.502. The van der Waals surface area contributed by atoms with Gasteiger partial charge in [-0.15, -0.1) is 0 Å². The smallest absolute Gasteiger partial charge is 0.127 e. The Morgan fingerprint density at radius 3 is 2.39 bits per heavy atom. The summed E-state index contributed by atoms with van der Waals surface area (Å²) in [6.07, 6.45) is -0.502. The van der Waals surface area contributed by atoms with Gasteiger partial charge in [-0.25, -0.2) is 0 Å². The van der Waals surface area contributed by atoms with Crippen LogP contribution in [-0.4, -0.2) is 55.4 Å². The fourth-order valence-electron chi connectivity index (χ4n) is 3.70. The minimum absolute atomic E-state index is 0.306. The van der Waals surface area contributed by atoms with Gasteiger partial charge in [0.15, 0.2) is 0 Å². The number of ether oxygens (including phenoxy) is 1. The van der Waals surface area contributed by atoms with Crippen LogP contribution >= 0.6 is 15.9 Å². The van der Waals surface area contributed by atoms with E-state index >= 15 is 0 Å². The Morgan fingerprint density at radius 1 is 0.893 bits per heavy atom. The van der Waals surface area contributed by atoms with Gasteiger partial charge in [0, 0.05) is 48.3 Å². The van der Waals surface area contributed by atoms with E-state index in [0.717, 1.165) is 47.2 Å². The van der Waals surface area contributed by atoms with Gasteiger partial charge >= 0.3 is 0 Å². The molecule has 0 saturated carbocycles. The molecule has 0 aromatic heterocycles. The molecular weight excluding hydrogens is 416 g/mol. The van der Waals surface area contributed by atoms with Gasteiger partial charge in [-0.1, -0.05) is 52.3 Å². The topological polar surface area (TPSA) is 35.9 Å². The summed E-state index contributed by atoms with van der Waals surface area (Å²) in [4.78, 5) is 4.70. The van der Waals surface area contributed by atoms with E-state index < -0.39 is 6.10 Å². The largest absolute Gasteiger partial charge is 0.490 e. The van der Waals surface area contributed by atoms with Gasteiger partial charge in [0.2, 0.25) is 0 Å². The first-order valence-corrected chi connectivity index (χ1v) is 10.5. The van der Waals surface area contributed by atoms with Gasteiger partial charge in [-0.3, -0.25) is 4.90 Å². The average Bonchev–Trinajstić information content (AvgIpc) is 2.73. The maximum Gasteiger partial charge on any atom is 0.127 e. The molecule has 1 heterocycles. The van der Waals surface area contributed by atoms with Gasteiger partial charge < -0.3 is 14.7 Å². The highest BCUT2D eigenvalue weighted by Crippen LogP contribution is 2.25. The molecule has 4 rings (SSSR count). The lowest BCUT2D eigenvalue weighted by Gasteiger charge is -2.36. The third-order valence-corrected chi connectivity index (χ3v) is 5.74. The normalized spacial score (nSPS) is 16.3. The second kappa shape index (κ2) is 8.95. The van der Waals surface area contributed by atoms with Crippen molar-refractivity contribution in [3.8, 4) is 5.75 Å². The number of piperazine rings is 1. The molecular formula is C23H25BrN2O2. The Kier molecular flexibility index (Phi) is 6.15. The van der Waals surface area contributed by atoms with Crippen molar-refractivity contribution in [2.75, 3.05) is 44.2 Å². The van der Waals surface area contributed by atoms with E-state index in [1.54, 1.807) is 0 Å². The highest BCUT2D eigenvalue weighted by atomic mass is 79.9. The first-order valence-electron chi connectivity index (χ1n) is 9.70. The Labute approximate surface area is 174 Å². The second-order valence-electron chi connectivity index (χ2n) is 7.21. The maximum absolute atomic E-state index is 10.5. The summed E-state index contributed by atoms with van der Waals surface area (Å²) in [7, 11) is 0. The molecule has 4 nitrogen and oxygen atoms in total. The van der Waals surface area contributed by atoms with Crippen LogP contribution in [0.2, 0.25) is 0 Å². The highest BCUT2D eigenvalue weighted by Gasteiger charge is 2.20. The fourth-order valence-corrected chi connectivity index (χ4v) is 3.96. The summed E-state index contributed by atoms with van der Waals surface area (Å²) >= 11 is 3.48. The van der Waals surface area contributed by atoms with E-state index in [1.165, 1.54) is 5.69 Å². The summed E-state index contributed by atoms with van der Waals surface area (Å²) in [5, 5.41) is 12.7. The SMILES string of the molecule is OC(COc1cccc2ccccc12)CN1CCN(c2ccc(Br)cc2)CC1. The van der Waals surface area contributed by atoms with Gasteiger partial charge in [0.05, 0.1) is 0 Å². The molecule has 1 aliphatic rings. The predicted molar refractivity (Wildman–Crippen MR) is 118 cm³/mol. The Hall–Kier alpha value is -2.08. The van der Waals surface area contributed by atoms with Gasteiger partial charge in [0.1, 0.15) is 18.5 Å². The Bertz CT molecular complexity index is 903. The molecule has 28 heavy (non-hydrogen) atoms. The molecule has 1 aliphatic heterocycles. The molecule has 0 bridgehead atoms. The van der Waals surface area contributed by atoms with Crippen molar-refractivity contribution in [1.29, 1.82) is 0 Å². The van der Waals surface area contributed by atoms with Crippen LogP contribution in [0.15, 0.2) is 71.2 Å². The molecule has 1 saturated heterocycles. The van der Waals surface area contributed by atoms with E-state index in [-0.39, 0.29) is 0 Å². The summed E-state index contributed by atoms with van der Waals surface area (Å²) in [5.74, 6) is 0.831. The number of anilines is 1. The first-order chi connectivity index (χ1) is 13.7. The first kappa shape index (κ1) is 19.2. The summed E-state index contributed by atoms with van der Waals surface area (Å²) < 4.78 is 7.03. The number of nitrogens with zero attached hydrogens (tertiary/aromatic N) is 2. The third kappa shape index (κ3) is 4.66. The number of benzene rings is 3. The molecule has 1 N–H and O–H groups in total. The van der Waals surface area contributed by atoms with Crippen molar-refractivity contribution in [3.63, 3.8) is 0 Å². The van der Waals surface area contributed by atoms with E-state index in [2.05, 4.69) is 68.2 Å². The molecule has 146 valence electrons. The quantitative estimate of drug-likeness (QED) is 0.623. The molecule has 0 amide bonds. The molecule has 1 atom stereocenters. The number of fused-ring (bicyclic) bond motifs is 1. The van der Waals surface area contributed by atoms with Crippen LogP contribution in [0, 0.1) is 0 Å². The molecule has 1 unspecified atom stereocenters. The highest BCUT2D eigenvalue weighted by molar-refractivity contribution is 9.10. The lowest BCUT2D eigenvalue weighted by atomic mass is 10.1. The van der Waals surface area contributed by atoms with Crippen LogP contribution in [0.1, 0.15) is 0 Å². The summed E-state index contributed by atoms with van der Waals surface area (Å²) in [6.45, 7) is 4.78. The Balaban J connectivity index is 1.26.